The molecule has 0 saturated carbocycles. The van der Waals surface area contributed by atoms with Crippen LogP contribution in [-0.4, -0.2) is 47.1 Å². The zero-order valence-corrected chi connectivity index (χ0v) is 24.5. The normalized spacial score (nSPS) is 18.4. The number of hydrogen-bond acceptors (Lipinski definition) is 8. The molecule has 41 heavy (non-hydrogen) atoms. The Kier molecular flexibility index (Phi) is 8.37. The molecule has 2 fully saturated rings. The fourth-order valence-corrected chi connectivity index (χ4v) is 6.21. The van der Waals surface area contributed by atoms with Crippen LogP contribution in [0.2, 0.25) is 5.02 Å². The fourth-order valence-electron chi connectivity index (χ4n) is 5.92. The van der Waals surface area contributed by atoms with Crippen molar-refractivity contribution >= 4 is 17.7 Å². The summed E-state index contributed by atoms with van der Waals surface area (Å²) < 4.78 is 12.6. The molecule has 0 unspecified atom stereocenters. The molecule has 2 N–H and O–H groups in total. The van der Waals surface area contributed by atoms with E-state index >= 15 is 0 Å². The number of nitrogens with one attached hydrogen (secondary N) is 2. The number of nitrogens with zero attached hydrogens (tertiary/aromatic N) is 4. The van der Waals surface area contributed by atoms with Crippen LogP contribution < -0.4 is 26.9 Å². The number of pyridine rings is 1. The first kappa shape index (κ1) is 27.9. The Balaban J connectivity index is 1.47. The van der Waals surface area contributed by atoms with E-state index in [0.717, 1.165) is 86.9 Å². The second-order valence-electron chi connectivity index (χ2n) is 11.1. The second-order valence-corrected chi connectivity index (χ2v) is 11.5. The highest BCUT2D eigenvalue weighted by Crippen LogP contribution is 2.30. The number of allylic oxidation sites excluding steroid dienone is 1. The van der Waals surface area contributed by atoms with Gasteiger partial charge in [-0.25, -0.2) is 4.99 Å². The van der Waals surface area contributed by atoms with E-state index in [1.54, 1.807) is 13.0 Å². The molecule has 10 heteroatoms. The van der Waals surface area contributed by atoms with Crippen molar-refractivity contribution in [2.45, 2.75) is 65.0 Å². The molecule has 0 bridgehead atoms. The Labute approximate surface area is 244 Å². The Bertz CT molecular complexity index is 1630. The van der Waals surface area contributed by atoms with Crippen molar-refractivity contribution in [1.29, 1.82) is 0 Å². The average molecular weight is 577 g/mol. The number of halogens is 1. The van der Waals surface area contributed by atoms with Crippen LogP contribution >= 0.6 is 11.6 Å². The maximum Gasteiger partial charge on any atom is 0.260 e. The zero-order chi connectivity index (χ0) is 28.3. The average Bonchev–Trinajstić information content (AvgIpc) is 3.35. The zero-order valence-electron chi connectivity index (χ0n) is 23.7. The number of hydrogen-bond donors (Lipinski definition) is 2. The number of aromatic nitrogens is 3. The third-order valence-electron chi connectivity index (χ3n) is 8.34. The predicted molar refractivity (Wildman–Crippen MR) is 159 cm³/mol. The first-order valence-electron chi connectivity index (χ1n) is 14.7. The van der Waals surface area contributed by atoms with Gasteiger partial charge in [-0.3, -0.25) is 9.36 Å². The molecule has 3 aliphatic rings. The maximum absolute atomic E-state index is 14.3. The van der Waals surface area contributed by atoms with Crippen molar-refractivity contribution in [2.24, 2.45) is 10.9 Å². The van der Waals surface area contributed by atoms with E-state index in [4.69, 9.17) is 25.9 Å². The fraction of sp³-hybridized carbons (Fsp3) is 0.484. The first-order valence-corrected chi connectivity index (χ1v) is 15.1. The van der Waals surface area contributed by atoms with E-state index < -0.39 is 0 Å². The van der Waals surface area contributed by atoms with Crippen molar-refractivity contribution in [3.8, 4) is 22.5 Å². The van der Waals surface area contributed by atoms with Crippen LogP contribution in [0.4, 0.5) is 0 Å². The molecule has 0 radical (unpaired) electrons. The second kappa shape index (κ2) is 12.3. The molecular weight excluding hydrogens is 540 g/mol. The molecule has 1 aromatic carbocycles. The number of ether oxygens (including phenoxy) is 1. The van der Waals surface area contributed by atoms with E-state index in [1.807, 2.05) is 22.8 Å². The summed E-state index contributed by atoms with van der Waals surface area (Å²) in [5.41, 5.74) is 3.89. The third-order valence-corrected chi connectivity index (χ3v) is 8.66. The molecule has 6 rings (SSSR count). The summed E-state index contributed by atoms with van der Waals surface area (Å²) in [6.07, 6.45) is 7.82. The van der Waals surface area contributed by atoms with Gasteiger partial charge in [-0.15, -0.1) is 0 Å². The van der Waals surface area contributed by atoms with E-state index in [1.165, 1.54) is 5.57 Å². The Hall–Kier alpha value is -3.27. The number of benzene rings is 1. The minimum atomic E-state index is -0.0742. The van der Waals surface area contributed by atoms with Crippen LogP contribution in [0.5, 0.6) is 0 Å². The molecule has 5 heterocycles. The van der Waals surface area contributed by atoms with Crippen molar-refractivity contribution in [2.75, 3.05) is 26.3 Å². The van der Waals surface area contributed by atoms with Crippen LogP contribution in [0.25, 0.3) is 28.6 Å². The monoisotopic (exact) mass is 576 g/mol. The van der Waals surface area contributed by atoms with Crippen molar-refractivity contribution in [3.05, 3.63) is 67.6 Å². The van der Waals surface area contributed by atoms with Gasteiger partial charge in [0.15, 0.2) is 0 Å². The van der Waals surface area contributed by atoms with Gasteiger partial charge in [0, 0.05) is 59.7 Å². The summed E-state index contributed by atoms with van der Waals surface area (Å²) in [7, 11) is 0. The van der Waals surface area contributed by atoms with Gasteiger partial charge in [-0.05, 0) is 75.2 Å². The summed E-state index contributed by atoms with van der Waals surface area (Å²) >= 11 is 6.82. The molecule has 2 saturated heterocycles. The molecule has 3 aliphatic heterocycles. The topological polar surface area (TPSA) is 107 Å². The number of piperidine rings is 1. The summed E-state index contributed by atoms with van der Waals surface area (Å²) in [4.78, 5) is 23.8. The molecule has 0 aliphatic carbocycles. The highest BCUT2D eigenvalue weighted by Gasteiger charge is 2.22. The van der Waals surface area contributed by atoms with Gasteiger partial charge in [-0.2, -0.15) is 4.98 Å². The van der Waals surface area contributed by atoms with Gasteiger partial charge in [0.2, 0.25) is 11.7 Å². The molecule has 0 spiro atoms. The number of fused-ring (bicyclic) bond motifs is 1. The van der Waals surface area contributed by atoms with Crippen molar-refractivity contribution in [3.63, 3.8) is 0 Å². The van der Waals surface area contributed by atoms with Crippen molar-refractivity contribution in [1.82, 2.24) is 25.3 Å². The van der Waals surface area contributed by atoms with Crippen LogP contribution in [0, 0.1) is 12.8 Å². The van der Waals surface area contributed by atoms with Gasteiger partial charge < -0.3 is 19.9 Å². The molecule has 216 valence electrons. The summed E-state index contributed by atoms with van der Waals surface area (Å²) in [5.74, 6) is 2.25. The van der Waals surface area contributed by atoms with Gasteiger partial charge in [-0.1, -0.05) is 41.9 Å². The molecular formula is C31H37ClN6O3. The van der Waals surface area contributed by atoms with Gasteiger partial charge >= 0.3 is 0 Å². The minimum Gasteiger partial charge on any atom is -0.381 e. The highest BCUT2D eigenvalue weighted by atomic mass is 35.5. The standard InChI is InChI=1S/C31H37ClN6O3/c1-3-21-4-5-23-16-26(25-7-6-22(17-27(25)32)29-34-19(2)41-37-29)31(39)38(18-20-8-12-33-13-9-20)30(23)36-28(21)35-24-10-14-40-15-11-24/h5-7,16-17,20,24,33,35H,3-4,8-15,18H2,1-2H3. The van der Waals surface area contributed by atoms with Crippen molar-refractivity contribution < 1.29 is 9.26 Å². The quantitative estimate of drug-likeness (QED) is 0.441. The third kappa shape index (κ3) is 6.03. The molecule has 2 aromatic heterocycles. The predicted octanol–water partition coefficient (Wildman–Crippen LogP) is 3.72. The molecule has 3 aromatic rings. The summed E-state index contributed by atoms with van der Waals surface area (Å²) in [5, 5.41) is 12.6. The van der Waals surface area contributed by atoms with E-state index in [2.05, 4.69) is 33.8 Å². The Morgan fingerprint density at radius 3 is 2.63 bits per heavy atom. The first-order chi connectivity index (χ1) is 20.0. The highest BCUT2D eigenvalue weighted by molar-refractivity contribution is 6.33. The van der Waals surface area contributed by atoms with Crippen LogP contribution in [0.1, 0.15) is 51.3 Å². The largest absolute Gasteiger partial charge is 0.381 e. The van der Waals surface area contributed by atoms with Gasteiger partial charge in [0.05, 0.1) is 0 Å². The van der Waals surface area contributed by atoms with Crippen LogP contribution in [0.15, 0.2) is 50.0 Å². The van der Waals surface area contributed by atoms with E-state index in [0.29, 0.717) is 46.4 Å². The minimum absolute atomic E-state index is 0.0742. The van der Waals surface area contributed by atoms with E-state index in [-0.39, 0.29) is 5.56 Å². The lowest BCUT2D eigenvalue weighted by Gasteiger charge is -2.25. The molecule has 9 nitrogen and oxygen atoms in total. The summed E-state index contributed by atoms with van der Waals surface area (Å²) in [6, 6.07) is 7.83. The van der Waals surface area contributed by atoms with E-state index in [9.17, 15) is 4.79 Å². The van der Waals surface area contributed by atoms with Crippen LogP contribution in [0.3, 0.4) is 0 Å². The maximum atomic E-state index is 14.3. The lowest BCUT2D eigenvalue weighted by molar-refractivity contribution is 0.0802. The lowest BCUT2D eigenvalue weighted by Crippen LogP contribution is -2.46. The summed E-state index contributed by atoms with van der Waals surface area (Å²) in [6.45, 7) is 7.97. The number of aryl methyl sites for hydroxylation is 1. The Morgan fingerprint density at radius 2 is 1.93 bits per heavy atom. The lowest BCUT2D eigenvalue weighted by atomic mass is 9.97. The molecule has 0 amide bonds. The van der Waals surface area contributed by atoms with Gasteiger partial charge in [0.1, 0.15) is 11.3 Å². The Morgan fingerprint density at radius 1 is 1.12 bits per heavy atom. The molecule has 0 atom stereocenters. The smallest absolute Gasteiger partial charge is 0.260 e. The SMILES string of the molecule is CCC1=C(NC2CCOCC2)N=c2c(cc(-c3ccc(-c4noc(C)n4)cc3Cl)c(=O)n2CC2CCNCC2)=CC1. The number of rotatable bonds is 7. The van der Waals surface area contributed by atoms with Crippen LogP contribution in [-0.2, 0) is 11.3 Å². The van der Waals surface area contributed by atoms with Gasteiger partial charge in [0.25, 0.3) is 5.56 Å².